The summed E-state index contributed by atoms with van der Waals surface area (Å²) in [6, 6.07) is 7.50. The number of nitriles is 1. The van der Waals surface area contributed by atoms with Gasteiger partial charge in [-0.25, -0.2) is 0 Å². The highest BCUT2D eigenvalue weighted by atomic mass is 79.9. The third-order valence-electron chi connectivity index (χ3n) is 2.50. The maximum atomic E-state index is 11.7. The third-order valence-corrected chi connectivity index (χ3v) is 2.99. The van der Waals surface area contributed by atoms with E-state index in [0.717, 1.165) is 10.2 Å². The van der Waals surface area contributed by atoms with Crippen molar-refractivity contribution in [2.24, 2.45) is 0 Å². The van der Waals surface area contributed by atoms with Crippen molar-refractivity contribution in [2.75, 3.05) is 38.8 Å². The van der Waals surface area contributed by atoms with Crippen molar-refractivity contribution < 1.29 is 9.53 Å². The summed E-state index contributed by atoms with van der Waals surface area (Å²) in [5.74, 6) is -0.105. The molecule has 5 nitrogen and oxygen atoms in total. The normalized spacial score (nSPS) is 9.79. The minimum Gasteiger partial charge on any atom is -0.383 e. The molecule has 1 rings (SSSR count). The Bertz CT molecular complexity index is 485. The van der Waals surface area contributed by atoms with E-state index in [1.165, 1.54) is 0 Å². The SMILES string of the molecule is COCCNC(=O)CN(C)c1ccc(Br)cc1C#N. The fourth-order valence-electron chi connectivity index (χ4n) is 1.58. The van der Waals surface area contributed by atoms with E-state index in [1.807, 2.05) is 12.1 Å². The number of nitrogens with zero attached hydrogens (tertiary/aromatic N) is 2. The average molecular weight is 326 g/mol. The van der Waals surface area contributed by atoms with Crippen LogP contribution in [0.5, 0.6) is 0 Å². The van der Waals surface area contributed by atoms with Gasteiger partial charge in [0.1, 0.15) is 6.07 Å². The largest absolute Gasteiger partial charge is 0.383 e. The van der Waals surface area contributed by atoms with Crippen LogP contribution in [0, 0.1) is 11.3 Å². The van der Waals surface area contributed by atoms with Crippen molar-refractivity contribution in [3.05, 3.63) is 28.2 Å². The monoisotopic (exact) mass is 325 g/mol. The lowest BCUT2D eigenvalue weighted by Gasteiger charge is -2.20. The van der Waals surface area contributed by atoms with Gasteiger partial charge in [-0.2, -0.15) is 5.26 Å². The summed E-state index contributed by atoms with van der Waals surface area (Å²) in [6.07, 6.45) is 0. The van der Waals surface area contributed by atoms with Crippen LogP contribution in [0.15, 0.2) is 22.7 Å². The fourth-order valence-corrected chi connectivity index (χ4v) is 1.94. The first-order chi connectivity index (χ1) is 9.08. The zero-order valence-electron chi connectivity index (χ0n) is 10.9. The van der Waals surface area contributed by atoms with Gasteiger partial charge in [-0.3, -0.25) is 4.79 Å². The van der Waals surface area contributed by atoms with Crippen molar-refractivity contribution >= 4 is 27.5 Å². The van der Waals surface area contributed by atoms with Gasteiger partial charge in [0.05, 0.1) is 24.4 Å². The molecule has 1 aromatic rings. The summed E-state index contributed by atoms with van der Waals surface area (Å²) >= 11 is 3.32. The van der Waals surface area contributed by atoms with Crippen molar-refractivity contribution in [3.8, 4) is 6.07 Å². The molecule has 1 N–H and O–H groups in total. The van der Waals surface area contributed by atoms with Gasteiger partial charge < -0.3 is 15.0 Å². The zero-order chi connectivity index (χ0) is 14.3. The maximum Gasteiger partial charge on any atom is 0.239 e. The van der Waals surface area contributed by atoms with Crippen LogP contribution in [0.1, 0.15) is 5.56 Å². The smallest absolute Gasteiger partial charge is 0.239 e. The molecule has 1 amide bonds. The highest BCUT2D eigenvalue weighted by Crippen LogP contribution is 2.22. The van der Waals surface area contributed by atoms with E-state index in [4.69, 9.17) is 10.00 Å². The molecular formula is C13H16BrN3O2. The number of nitrogens with one attached hydrogen (secondary N) is 1. The van der Waals surface area contributed by atoms with Gasteiger partial charge in [0, 0.05) is 25.2 Å². The Morgan fingerprint density at radius 2 is 2.32 bits per heavy atom. The third kappa shape index (κ3) is 4.89. The number of amides is 1. The lowest BCUT2D eigenvalue weighted by atomic mass is 10.2. The van der Waals surface area contributed by atoms with E-state index in [1.54, 1.807) is 25.1 Å². The van der Waals surface area contributed by atoms with Crippen molar-refractivity contribution in [3.63, 3.8) is 0 Å². The van der Waals surface area contributed by atoms with Gasteiger partial charge in [-0.15, -0.1) is 0 Å². The topological polar surface area (TPSA) is 65.4 Å². The molecule has 0 atom stereocenters. The molecule has 0 unspecified atom stereocenters. The molecule has 0 heterocycles. The van der Waals surface area contributed by atoms with E-state index < -0.39 is 0 Å². The van der Waals surface area contributed by atoms with E-state index >= 15 is 0 Å². The predicted molar refractivity (Wildman–Crippen MR) is 77.0 cm³/mol. The van der Waals surface area contributed by atoms with Crippen LogP contribution in [0.25, 0.3) is 0 Å². The number of methoxy groups -OCH3 is 1. The number of anilines is 1. The maximum absolute atomic E-state index is 11.7. The molecule has 6 heteroatoms. The molecule has 0 fully saturated rings. The molecule has 19 heavy (non-hydrogen) atoms. The summed E-state index contributed by atoms with van der Waals surface area (Å²) in [5.41, 5.74) is 1.26. The lowest BCUT2D eigenvalue weighted by molar-refractivity contribution is -0.119. The second kappa shape index (κ2) is 7.77. The van der Waals surface area contributed by atoms with Gasteiger partial charge in [-0.05, 0) is 18.2 Å². The molecule has 0 saturated carbocycles. The Morgan fingerprint density at radius 3 is 2.95 bits per heavy atom. The molecule has 0 aromatic heterocycles. The second-order valence-electron chi connectivity index (χ2n) is 3.97. The molecule has 0 aliphatic heterocycles. The quantitative estimate of drug-likeness (QED) is 0.805. The number of benzene rings is 1. The minimum absolute atomic E-state index is 0.105. The van der Waals surface area contributed by atoms with Gasteiger partial charge in [0.15, 0.2) is 0 Å². The Morgan fingerprint density at radius 1 is 1.58 bits per heavy atom. The number of hydrogen-bond acceptors (Lipinski definition) is 4. The first kappa shape index (κ1) is 15.5. The molecular weight excluding hydrogens is 310 g/mol. The van der Waals surface area contributed by atoms with Crippen LogP contribution < -0.4 is 10.2 Å². The van der Waals surface area contributed by atoms with Crippen LogP contribution in [0.4, 0.5) is 5.69 Å². The number of halogens is 1. The molecule has 1 aromatic carbocycles. The fraction of sp³-hybridized carbons (Fsp3) is 0.385. The molecule has 0 aliphatic rings. The van der Waals surface area contributed by atoms with E-state index in [-0.39, 0.29) is 12.5 Å². The van der Waals surface area contributed by atoms with Crippen LogP contribution in [0.3, 0.4) is 0 Å². The van der Waals surface area contributed by atoms with Crippen molar-refractivity contribution in [2.45, 2.75) is 0 Å². The first-order valence-electron chi connectivity index (χ1n) is 5.75. The number of likely N-dealkylation sites (N-methyl/N-ethyl adjacent to an activating group) is 1. The molecule has 0 spiro atoms. The lowest BCUT2D eigenvalue weighted by Crippen LogP contribution is -2.36. The first-order valence-corrected chi connectivity index (χ1v) is 6.54. The number of carbonyl (C=O) groups excluding carboxylic acids is 1. The summed E-state index contributed by atoms with van der Waals surface area (Å²) in [5, 5.41) is 11.8. The summed E-state index contributed by atoms with van der Waals surface area (Å²) in [6.45, 7) is 1.16. The van der Waals surface area contributed by atoms with Gasteiger partial charge in [-0.1, -0.05) is 15.9 Å². The van der Waals surface area contributed by atoms with Crippen LogP contribution in [0.2, 0.25) is 0 Å². The molecule has 102 valence electrons. The van der Waals surface area contributed by atoms with Crippen molar-refractivity contribution in [1.29, 1.82) is 5.26 Å². The Kier molecular flexibility index (Phi) is 6.33. The van der Waals surface area contributed by atoms with Crippen LogP contribution in [-0.4, -0.2) is 39.8 Å². The predicted octanol–water partition coefficient (Wildman–Crippen LogP) is 1.52. The standard InChI is InChI=1S/C13H16BrN3O2/c1-17(9-13(18)16-5-6-19-2)12-4-3-11(14)7-10(12)8-15/h3-4,7H,5-6,9H2,1-2H3,(H,16,18). The van der Waals surface area contributed by atoms with Crippen LogP contribution >= 0.6 is 15.9 Å². The van der Waals surface area contributed by atoms with Gasteiger partial charge in [0.2, 0.25) is 5.91 Å². The van der Waals surface area contributed by atoms with E-state index in [0.29, 0.717) is 18.7 Å². The summed E-state index contributed by atoms with van der Waals surface area (Å²) < 4.78 is 5.69. The number of carbonyl (C=O) groups is 1. The number of ether oxygens (including phenoxy) is 1. The molecule has 0 saturated heterocycles. The minimum atomic E-state index is -0.105. The Labute approximate surface area is 121 Å². The Balaban J connectivity index is 2.65. The zero-order valence-corrected chi connectivity index (χ0v) is 12.5. The van der Waals surface area contributed by atoms with Gasteiger partial charge in [0.25, 0.3) is 0 Å². The second-order valence-corrected chi connectivity index (χ2v) is 4.89. The van der Waals surface area contributed by atoms with E-state index in [2.05, 4.69) is 27.3 Å². The van der Waals surface area contributed by atoms with Crippen LogP contribution in [-0.2, 0) is 9.53 Å². The molecule has 0 radical (unpaired) electrons. The highest BCUT2D eigenvalue weighted by Gasteiger charge is 2.11. The summed E-state index contributed by atoms with van der Waals surface area (Å²) in [7, 11) is 3.36. The number of hydrogen-bond donors (Lipinski definition) is 1. The Hall–Kier alpha value is -1.58. The summed E-state index contributed by atoms with van der Waals surface area (Å²) in [4.78, 5) is 13.4. The molecule has 0 bridgehead atoms. The van der Waals surface area contributed by atoms with E-state index in [9.17, 15) is 4.79 Å². The molecule has 0 aliphatic carbocycles. The van der Waals surface area contributed by atoms with Gasteiger partial charge >= 0.3 is 0 Å². The van der Waals surface area contributed by atoms with Crippen molar-refractivity contribution in [1.82, 2.24) is 5.32 Å². The highest BCUT2D eigenvalue weighted by molar-refractivity contribution is 9.10. The number of rotatable bonds is 6. The average Bonchev–Trinajstić information content (AvgIpc) is 2.38.